The van der Waals surface area contributed by atoms with E-state index >= 15 is 0 Å². The van der Waals surface area contributed by atoms with Gasteiger partial charge in [-0.15, -0.1) is 0 Å². The summed E-state index contributed by atoms with van der Waals surface area (Å²) in [5, 5.41) is 0. The van der Waals surface area contributed by atoms with Gasteiger partial charge in [-0.3, -0.25) is 0 Å². The van der Waals surface area contributed by atoms with Crippen LogP contribution in [0.25, 0.3) is 0 Å². The quantitative estimate of drug-likeness (QED) is 0.887. The van der Waals surface area contributed by atoms with Gasteiger partial charge in [0.1, 0.15) is 0 Å². The first-order valence-electron chi connectivity index (χ1n) is 5.35. The van der Waals surface area contributed by atoms with Crippen LogP contribution in [0.2, 0.25) is 0 Å². The summed E-state index contributed by atoms with van der Waals surface area (Å²) < 4.78 is 43.4. The van der Waals surface area contributed by atoms with E-state index in [0.717, 1.165) is 6.07 Å². The zero-order chi connectivity index (χ0) is 13.1. The van der Waals surface area contributed by atoms with Crippen LogP contribution in [0.3, 0.4) is 0 Å². The molecule has 0 radical (unpaired) electrons. The molecule has 1 atom stereocenters. The van der Waals surface area contributed by atoms with Crippen LogP contribution in [0.15, 0.2) is 24.3 Å². The summed E-state index contributed by atoms with van der Waals surface area (Å²) in [4.78, 5) is 0. The Morgan fingerprint density at radius 1 is 1.24 bits per heavy atom. The Balaban J connectivity index is 2.89. The molecule has 0 aliphatic heterocycles. The highest BCUT2D eigenvalue weighted by Gasteiger charge is 2.34. The smallest absolute Gasteiger partial charge is 0.377 e. The molecular formula is C12H16F3NO. The lowest BCUT2D eigenvalue weighted by Gasteiger charge is -2.19. The maximum Gasteiger partial charge on any atom is 0.416 e. The van der Waals surface area contributed by atoms with E-state index in [1.54, 1.807) is 6.07 Å². The van der Waals surface area contributed by atoms with Gasteiger partial charge in [-0.1, -0.05) is 18.2 Å². The Morgan fingerprint density at radius 2 is 1.82 bits per heavy atom. The second kappa shape index (κ2) is 5.51. The molecule has 0 bridgehead atoms. The molecule has 5 heteroatoms. The highest BCUT2D eigenvalue weighted by atomic mass is 19.4. The van der Waals surface area contributed by atoms with Gasteiger partial charge in [-0.05, 0) is 25.5 Å². The average Bonchev–Trinajstić information content (AvgIpc) is 2.24. The van der Waals surface area contributed by atoms with Crippen molar-refractivity contribution in [2.45, 2.75) is 32.2 Å². The van der Waals surface area contributed by atoms with Gasteiger partial charge in [0.15, 0.2) is 0 Å². The van der Waals surface area contributed by atoms with E-state index in [1.165, 1.54) is 12.1 Å². The Bertz CT molecular complexity index is 363. The number of halogens is 3. The minimum absolute atomic E-state index is 0.0564. The van der Waals surface area contributed by atoms with Crippen molar-refractivity contribution in [2.75, 3.05) is 6.61 Å². The van der Waals surface area contributed by atoms with E-state index in [0.29, 0.717) is 0 Å². The van der Waals surface area contributed by atoms with Crippen molar-refractivity contribution in [3.05, 3.63) is 35.4 Å². The van der Waals surface area contributed by atoms with Gasteiger partial charge in [0.05, 0.1) is 24.3 Å². The van der Waals surface area contributed by atoms with E-state index in [9.17, 15) is 13.2 Å². The lowest BCUT2D eigenvalue weighted by atomic mass is 10.0. The second-order valence-electron chi connectivity index (χ2n) is 4.07. The van der Waals surface area contributed by atoms with Gasteiger partial charge in [-0.25, -0.2) is 0 Å². The summed E-state index contributed by atoms with van der Waals surface area (Å²) in [7, 11) is 0. The van der Waals surface area contributed by atoms with E-state index in [2.05, 4.69) is 0 Å². The number of rotatable bonds is 4. The summed E-state index contributed by atoms with van der Waals surface area (Å²) in [6, 6.07) is 4.54. The van der Waals surface area contributed by atoms with Gasteiger partial charge in [0.25, 0.3) is 0 Å². The average molecular weight is 247 g/mol. The van der Waals surface area contributed by atoms with Gasteiger partial charge < -0.3 is 10.5 Å². The Labute approximate surface area is 98.6 Å². The van der Waals surface area contributed by atoms with Gasteiger partial charge in [0, 0.05) is 0 Å². The Hall–Kier alpha value is -1.07. The third-order valence-electron chi connectivity index (χ3n) is 2.27. The minimum atomic E-state index is -4.38. The summed E-state index contributed by atoms with van der Waals surface area (Å²) in [5.74, 6) is 0. The second-order valence-corrected chi connectivity index (χ2v) is 4.07. The van der Waals surface area contributed by atoms with E-state index < -0.39 is 17.8 Å². The summed E-state index contributed by atoms with van der Waals surface area (Å²) in [5.41, 5.74) is 5.09. The van der Waals surface area contributed by atoms with Crippen molar-refractivity contribution in [3.8, 4) is 0 Å². The molecule has 0 heterocycles. The zero-order valence-electron chi connectivity index (χ0n) is 9.79. The highest BCUT2D eigenvalue weighted by Crippen LogP contribution is 2.33. The molecule has 1 rings (SSSR count). The number of benzene rings is 1. The van der Waals surface area contributed by atoms with E-state index in [-0.39, 0.29) is 18.3 Å². The molecule has 17 heavy (non-hydrogen) atoms. The fourth-order valence-corrected chi connectivity index (χ4v) is 1.46. The number of alkyl halides is 3. The van der Waals surface area contributed by atoms with Crippen LogP contribution in [0, 0.1) is 0 Å². The van der Waals surface area contributed by atoms with Crippen molar-refractivity contribution in [3.63, 3.8) is 0 Å². The van der Waals surface area contributed by atoms with E-state index in [4.69, 9.17) is 10.5 Å². The fourth-order valence-electron chi connectivity index (χ4n) is 1.46. The Morgan fingerprint density at radius 3 is 2.35 bits per heavy atom. The van der Waals surface area contributed by atoms with E-state index in [1.807, 2.05) is 13.8 Å². The molecule has 1 aromatic rings. The molecule has 0 saturated heterocycles. The number of hydrogen-bond donors (Lipinski definition) is 1. The molecule has 96 valence electrons. The first kappa shape index (κ1) is 14.0. The Kier molecular flexibility index (Phi) is 4.54. The largest absolute Gasteiger partial charge is 0.416 e. The summed E-state index contributed by atoms with van der Waals surface area (Å²) in [6.45, 7) is 3.69. The summed E-state index contributed by atoms with van der Waals surface area (Å²) >= 11 is 0. The topological polar surface area (TPSA) is 35.2 Å². The van der Waals surface area contributed by atoms with Gasteiger partial charge in [0.2, 0.25) is 0 Å². The molecule has 1 unspecified atom stereocenters. The summed E-state index contributed by atoms with van der Waals surface area (Å²) in [6.07, 6.45) is -4.44. The standard InChI is InChI=1S/C12H16F3NO/c1-8(2)17-7-11(16)9-5-3-4-6-10(9)12(13,14)15/h3-6,8,11H,7,16H2,1-2H3. The van der Waals surface area contributed by atoms with Crippen LogP contribution in [-0.2, 0) is 10.9 Å². The van der Waals surface area contributed by atoms with Crippen LogP contribution in [0.4, 0.5) is 13.2 Å². The van der Waals surface area contributed by atoms with Crippen LogP contribution < -0.4 is 5.73 Å². The van der Waals surface area contributed by atoms with Crippen LogP contribution >= 0.6 is 0 Å². The molecule has 0 aliphatic carbocycles. The SMILES string of the molecule is CC(C)OCC(N)c1ccccc1C(F)(F)F. The van der Waals surface area contributed by atoms with Crippen molar-refractivity contribution >= 4 is 0 Å². The predicted octanol–water partition coefficient (Wildman–Crippen LogP) is 3.13. The molecule has 0 amide bonds. The van der Waals surface area contributed by atoms with Crippen LogP contribution in [-0.4, -0.2) is 12.7 Å². The maximum absolute atomic E-state index is 12.7. The minimum Gasteiger partial charge on any atom is -0.377 e. The van der Waals surface area contributed by atoms with Crippen molar-refractivity contribution in [2.24, 2.45) is 5.73 Å². The normalized spacial score (nSPS) is 14.1. The van der Waals surface area contributed by atoms with Crippen molar-refractivity contribution in [1.82, 2.24) is 0 Å². The lowest BCUT2D eigenvalue weighted by molar-refractivity contribution is -0.138. The molecule has 0 aliphatic rings. The van der Waals surface area contributed by atoms with Crippen LogP contribution in [0.1, 0.15) is 31.0 Å². The molecule has 0 fully saturated rings. The van der Waals surface area contributed by atoms with Gasteiger partial charge in [-0.2, -0.15) is 13.2 Å². The zero-order valence-corrected chi connectivity index (χ0v) is 9.79. The first-order valence-corrected chi connectivity index (χ1v) is 5.35. The third-order valence-corrected chi connectivity index (χ3v) is 2.27. The highest BCUT2D eigenvalue weighted by molar-refractivity contribution is 5.32. The van der Waals surface area contributed by atoms with Crippen LogP contribution in [0.5, 0.6) is 0 Å². The predicted molar refractivity (Wildman–Crippen MR) is 59.5 cm³/mol. The van der Waals surface area contributed by atoms with Gasteiger partial charge >= 0.3 is 6.18 Å². The molecule has 2 nitrogen and oxygen atoms in total. The molecule has 0 saturated carbocycles. The molecule has 2 N–H and O–H groups in total. The monoisotopic (exact) mass is 247 g/mol. The number of hydrogen-bond acceptors (Lipinski definition) is 2. The maximum atomic E-state index is 12.7. The molecular weight excluding hydrogens is 231 g/mol. The lowest BCUT2D eigenvalue weighted by Crippen LogP contribution is -2.23. The van der Waals surface area contributed by atoms with Crippen molar-refractivity contribution < 1.29 is 17.9 Å². The number of ether oxygens (including phenoxy) is 1. The molecule has 0 aromatic heterocycles. The first-order chi connectivity index (χ1) is 7.82. The molecule has 0 spiro atoms. The fraction of sp³-hybridized carbons (Fsp3) is 0.500. The van der Waals surface area contributed by atoms with Crippen molar-refractivity contribution in [1.29, 1.82) is 0 Å². The molecule has 1 aromatic carbocycles. The number of nitrogens with two attached hydrogens (primary N) is 1. The third kappa shape index (κ3) is 4.02.